The number of carbonyl (C=O) groups excluding carboxylic acids is 3. The van der Waals surface area contributed by atoms with Crippen LogP contribution in [0.4, 0.5) is 30.6 Å². The Labute approximate surface area is 402 Å². The Kier molecular flexibility index (Phi) is 18.3. The van der Waals surface area contributed by atoms with Crippen molar-refractivity contribution < 1.29 is 58.8 Å². The molecule has 4 fully saturated rings. The second-order valence-electron chi connectivity index (χ2n) is 17.5. The standard InChI is InChI=1S/C25H32FN5O5S.C19H29FN4O6S2/c26-21-6-8-23(9-7-21)28-14-16-30(17-15-28)37(35,36)18-24(31(34)19-32)20-10-12-29(13-11-20)25(33)27-22-4-2-1-3-5-22;1-31(27,28)22-8-6-16(7-9-22)19(24(26)15-25)14-32(29,30)23-12-10-21(11-13-23)18-4-2-17(20)3-5-18/h1-9,19-20,24,34H,10-18H2,(H,27,33);2-5,15-16,19,26H,6-14H2,1H3. The number of nitrogens with one attached hydrogen (secondary N) is 1. The number of nitrogens with zero attached hydrogens (tertiary/aromatic N) is 8. The number of piperidine rings is 2. The number of sulfonamides is 3. The van der Waals surface area contributed by atoms with Gasteiger partial charge in [0.2, 0.25) is 42.9 Å². The smallest absolute Gasteiger partial charge is 0.321 e. The Balaban J connectivity index is 0.000000229. The lowest BCUT2D eigenvalue weighted by molar-refractivity contribution is -0.164. The minimum Gasteiger partial charge on any atom is -0.369 e. The number of para-hydroxylation sites is 1. The van der Waals surface area contributed by atoms with E-state index in [4.69, 9.17) is 0 Å². The molecule has 0 bridgehead atoms. The molecule has 4 saturated heterocycles. The summed E-state index contributed by atoms with van der Waals surface area (Å²) in [6, 6.07) is 19.0. The summed E-state index contributed by atoms with van der Waals surface area (Å²) in [7, 11) is -10.9. The Bertz CT molecular complexity index is 2490. The van der Waals surface area contributed by atoms with Crippen molar-refractivity contribution in [3.05, 3.63) is 90.5 Å². The minimum absolute atomic E-state index is 0.190. The molecule has 2 unspecified atom stereocenters. The summed E-state index contributed by atoms with van der Waals surface area (Å²) in [6.45, 7) is 3.88. The zero-order valence-corrected chi connectivity index (χ0v) is 40.8. The fourth-order valence-electron chi connectivity index (χ4n) is 9.21. The minimum atomic E-state index is -3.79. The molecule has 0 saturated carbocycles. The second kappa shape index (κ2) is 23.7. The quantitative estimate of drug-likeness (QED) is 0.107. The van der Waals surface area contributed by atoms with Gasteiger partial charge in [-0.05, 0) is 98.2 Å². The van der Waals surface area contributed by atoms with Gasteiger partial charge in [0.15, 0.2) is 0 Å². The summed E-state index contributed by atoms with van der Waals surface area (Å²) in [5.41, 5.74) is 2.31. The molecule has 380 valence electrons. The number of halogens is 2. The van der Waals surface area contributed by atoms with Gasteiger partial charge in [-0.1, -0.05) is 18.2 Å². The van der Waals surface area contributed by atoms with E-state index in [1.165, 1.54) is 37.2 Å². The van der Waals surface area contributed by atoms with Crippen LogP contribution in [0.3, 0.4) is 0 Å². The highest BCUT2D eigenvalue weighted by molar-refractivity contribution is 7.89. The summed E-state index contributed by atoms with van der Waals surface area (Å²) in [5, 5.41) is 24.0. The van der Waals surface area contributed by atoms with Crippen LogP contribution < -0.4 is 15.1 Å². The molecule has 4 amide bonds. The van der Waals surface area contributed by atoms with Crippen molar-refractivity contribution in [3.63, 3.8) is 0 Å². The van der Waals surface area contributed by atoms with E-state index in [1.807, 2.05) is 28.0 Å². The first-order valence-electron chi connectivity index (χ1n) is 22.7. The molecule has 0 aromatic heterocycles. The molecule has 4 heterocycles. The number of amides is 4. The lowest BCUT2D eigenvalue weighted by atomic mass is 9.90. The van der Waals surface area contributed by atoms with E-state index < -0.39 is 53.7 Å². The molecule has 0 spiro atoms. The highest BCUT2D eigenvalue weighted by Gasteiger charge is 2.40. The number of hydroxylamine groups is 4. The van der Waals surface area contributed by atoms with Crippen LogP contribution in [-0.2, 0) is 39.7 Å². The Hall–Kier alpha value is -5.02. The van der Waals surface area contributed by atoms with Gasteiger partial charge in [-0.2, -0.15) is 8.61 Å². The summed E-state index contributed by atoms with van der Waals surface area (Å²) in [6.07, 6.45) is 3.13. The lowest BCUT2D eigenvalue weighted by Gasteiger charge is -2.39. The first-order valence-corrected chi connectivity index (χ1v) is 27.7. The van der Waals surface area contributed by atoms with Gasteiger partial charge in [0, 0.05) is 95.6 Å². The fourth-order valence-corrected chi connectivity index (χ4v) is 13.7. The normalized spacial score (nSPS) is 19.5. The van der Waals surface area contributed by atoms with Crippen LogP contribution in [0.15, 0.2) is 78.9 Å². The number of piperazine rings is 2. The van der Waals surface area contributed by atoms with Crippen molar-refractivity contribution >= 4 is 66.0 Å². The number of rotatable bonds is 16. The number of anilines is 3. The molecule has 20 nitrogen and oxygen atoms in total. The molecule has 0 radical (unpaired) electrons. The molecule has 0 aliphatic carbocycles. The van der Waals surface area contributed by atoms with E-state index in [1.54, 1.807) is 41.3 Å². The number of likely N-dealkylation sites (tertiary alicyclic amines) is 1. The average Bonchev–Trinajstić information content (AvgIpc) is 3.35. The topological polar surface area (TPSA) is 232 Å². The van der Waals surface area contributed by atoms with Gasteiger partial charge in [-0.3, -0.25) is 20.0 Å². The SMILES string of the molecule is CS(=O)(=O)N1CCC(C(CS(=O)(=O)N2CCN(c3ccc(F)cc3)CC2)N(O)C=O)CC1.O=CN(O)C(CS(=O)(=O)N1CCN(c2ccc(F)cc2)CC1)C1CCN(C(=O)Nc2ccccc2)CC1. The van der Waals surface area contributed by atoms with Crippen LogP contribution >= 0.6 is 0 Å². The second-order valence-corrected chi connectivity index (χ2v) is 23.5. The van der Waals surface area contributed by atoms with Crippen molar-refractivity contribution in [3.8, 4) is 0 Å². The van der Waals surface area contributed by atoms with Gasteiger partial charge in [-0.15, -0.1) is 0 Å². The van der Waals surface area contributed by atoms with Crippen LogP contribution in [-0.4, -0.2) is 191 Å². The van der Waals surface area contributed by atoms with Gasteiger partial charge in [0.05, 0.1) is 29.8 Å². The Morgan fingerprint density at radius 1 is 0.594 bits per heavy atom. The molecular formula is C44H61F2N9O11S3. The number of benzene rings is 3. The maximum atomic E-state index is 13.3. The first kappa shape index (κ1) is 53.3. The monoisotopic (exact) mass is 1030 g/mol. The van der Waals surface area contributed by atoms with Crippen LogP contribution in [0.2, 0.25) is 0 Å². The van der Waals surface area contributed by atoms with E-state index in [9.17, 15) is 58.8 Å². The molecule has 4 aliphatic rings. The number of urea groups is 1. The third kappa shape index (κ3) is 14.5. The Morgan fingerprint density at radius 3 is 1.33 bits per heavy atom. The molecule has 3 aromatic rings. The fraction of sp³-hybridized carbons (Fsp3) is 0.523. The van der Waals surface area contributed by atoms with Crippen molar-refractivity contribution in [2.45, 2.75) is 37.8 Å². The van der Waals surface area contributed by atoms with Crippen molar-refractivity contribution in [1.29, 1.82) is 0 Å². The molecule has 25 heteroatoms. The van der Waals surface area contributed by atoms with E-state index in [2.05, 4.69) is 5.32 Å². The first-order chi connectivity index (χ1) is 32.8. The molecule has 4 aliphatic heterocycles. The molecule has 3 aromatic carbocycles. The van der Waals surface area contributed by atoms with E-state index in [0.29, 0.717) is 80.8 Å². The molecule has 69 heavy (non-hydrogen) atoms. The predicted octanol–water partition coefficient (Wildman–Crippen LogP) is 2.60. The van der Waals surface area contributed by atoms with Gasteiger partial charge < -0.3 is 20.0 Å². The van der Waals surface area contributed by atoms with Gasteiger partial charge in [0.25, 0.3) is 0 Å². The lowest BCUT2D eigenvalue weighted by Crippen LogP contribution is -2.53. The van der Waals surface area contributed by atoms with Gasteiger partial charge >= 0.3 is 6.03 Å². The average molecular weight is 1030 g/mol. The maximum absolute atomic E-state index is 13.3. The van der Waals surface area contributed by atoms with E-state index in [0.717, 1.165) is 17.6 Å². The predicted molar refractivity (Wildman–Crippen MR) is 254 cm³/mol. The highest BCUT2D eigenvalue weighted by atomic mass is 32.2. The third-order valence-corrected chi connectivity index (χ3v) is 18.3. The maximum Gasteiger partial charge on any atom is 0.321 e. The molecule has 3 N–H and O–H groups in total. The largest absolute Gasteiger partial charge is 0.369 e. The number of carbonyl (C=O) groups is 3. The highest BCUT2D eigenvalue weighted by Crippen LogP contribution is 2.29. The van der Waals surface area contributed by atoms with E-state index >= 15 is 0 Å². The number of hydrogen-bond donors (Lipinski definition) is 3. The zero-order chi connectivity index (χ0) is 49.9. The van der Waals surface area contributed by atoms with Gasteiger partial charge in [0.1, 0.15) is 11.6 Å². The summed E-state index contributed by atoms with van der Waals surface area (Å²) in [5.74, 6) is -2.15. The van der Waals surface area contributed by atoms with Crippen LogP contribution in [0.1, 0.15) is 25.7 Å². The van der Waals surface area contributed by atoms with Gasteiger partial charge in [-0.25, -0.2) is 53.3 Å². The van der Waals surface area contributed by atoms with Crippen LogP contribution in [0, 0.1) is 23.5 Å². The summed E-state index contributed by atoms with van der Waals surface area (Å²) in [4.78, 5) is 40.8. The zero-order valence-electron chi connectivity index (χ0n) is 38.3. The summed E-state index contributed by atoms with van der Waals surface area (Å²) >= 11 is 0. The number of hydrogen-bond acceptors (Lipinski definition) is 13. The Morgan fingerprint density at radius 2 is 0.971 bits per heavy atom. The molecule has 7 rings (SSSR count). The van der Waals surface area contributed by atoms with Crippen molar-refractivity contribution in [2.24, 2.45) is 11.8 Å². The van der Waals surface area contributed by atoms with Crippen LogP contribution in [0.25, 0.3) is 0 Å². The third-order valence-electron chi connectivity index (χ3n) is 13.2. The van der Waals surface area contributed by atoms with Crippen molar-refractivity contribution in [2.75, 3.05) is 111 Å². The molecule has 2 atom stereocenters. The molecular weight excluding hydrogens is 965 g/mol. The van der Waals surface area contributed by atoms with Crippen LogP contribution in [0.5, 0.6) is 0 Å². The van der Waals surface area contributed by atoms with E-state index in [-0.39, 0.29) is 81.6 Å². The van der Waals surface area contributed by atoms with Crippen molar-refractivity contribution in [1.82, 2.24) is 27.9 Å². The summed E-state index contributed by atoms with van der Waals surface area (Å²) < 4.78 is 106.